The van der Waals surface area contributed by atoms with Gasteiger partial charge in [0.05, 0.1) is 0 Å². The van der Waals surface area contributed by atoms with Gasteiger partial charge in [-0.15, -0.1) is 0 Å². The van der Waals surface area contributed by atoms with Crippen LogP contribution in [0.15, 0.2) is 30.5 Å². The minimum absolute atomic E-state index is 0.0442. The van der Waals surface area contributed by atoms with Crippen LogP contribution in [-0.2, 0) is 12.8 Å². The van der Waals surface area contributed by atoms with Gasteiger partial charge in [-0.25, -0.2) is 10.8 Å². The van der Waals surface area contributed by atoms with Gasteiger partial charge >= 0.3 is 0 Å². The van der Waals surface area contributed by atoms with Crippen molar-refractivity contribution in [1.29, 1.82) is 5.41 Å². The van der Waals surface area contributed by atoms with E-state index >= 15 is 0 Å². The molecule has 2 rings (SSSR count). The summed E-state index contributed by atoms with van der Waals surface area (Å²) in [5.74, 6) is 6.57. The van der Waals surface area contributed by atoms with Crippen LogP contribution >= 0.6 is 12.8 Å². The zero-order valence-electron chi connectivity index (χ0n) is 18.6. The van der Waals surface area contributed by atoms with Gasteiger partial charge in [0.2, 0.25) is 0 Å². The molecule has 0 unspecified atom stereocenters. The van der Waals surface area contributed by atoms with E-state index in [0.29, 0.717) is 23.1 Å². The van der Waals surface area contributed by atoms with E-state index in [1.165, 1.54) is 5.01 Å². The molecule has 0 spiro atoms. The third-order valence-corrected chi connectivity index (χ3v) is 5.08. The van der Waals surface area contributed by atoms with Gasteiger partial charge in [-0.2, -0.15) is 0 Å². The topological polar surface area (TPSA) is 120 Å². The number of amides is 1. The maximum Gasteiger partial charge on any atom is 0.275 e. The number of carbonyl (C=O) groups excluding carboxylic acids is 1. The fraction of sp³-hybridized carbons (Fsp3) is 0.455. The van der Waals surface area contributed by atoms with Gasteiger partial charge in [0, 0.05) is 18.8 Å². The number of pyridine rings is 2. The summed E-state index contributed by atoms with van der Waals surface area (Å²) in [6, 6.07) is 6.91. The van der Waals surface area contributed by atoms with E-state index in [-0.39, 0.29) is 17.8 Å². The second-order valence-electron chi connectivity index (χ2n) is 8.14. The van der Waals surface area contributed by atoms with Gasteiger partial charge in [-0.05, 0) is 68.4 Å². The first-order valence-corrected chi connectivity index (χ1v) is 10.9. The van der Waals surface area contributed by atoms with Crippen LogP contribution in [0.3, 0.4) is 0 Å². The maximum atomic E-state index is 12.8. The number of nitrogens with one attached hydrogen (secondary N) is 3. The lowest BCUT2D eigenvalue weighted by Crippen LogP contribution is -2.43. The molecule has 2 heterocycles. The highest BCUT2D eigenvalue weighted by Gasteiger charge is 2.16. The number of aryl methyl sites for hydroxylation is 1. The van der Waals surface area contributed by atoms with Crippen LogP contribution in [0.5, 0.6) is 0 Å². The van der Waals surface area contributed by atoms with Crippen LogP contribution < -0.4 is 15.9 Å². The lowest BCUT2D eigenvalue weighted by Gasteiger charge is -2.23. The van der Waals surface area contributed by atoms with E-state index in [2.05, 4.69) is 46.7 Å². The van der Waals surface area contributed by atoms with Crippen molar-refractivity contribution < 1.29 is 4.79 Å². The standard InChI is InChI=1S/C22H33N7OS/c1-14(2)8-9-16-12-19(25-13-17(16)10-11-26-31)22(30)28-20-7-5-6-18(27-20)21(23)29(24)15(3)4/h5-7,12-15,23,26,31H,8-11,24H2,1-4H3,(H,27,28,30). The number of aromatic nitrogens is 2. The molecule has 0 aromatic carbocycles. The monoisotopic (exact) mass is 443 g/mol. The molecule has 2 aromatic heterocycles. The Morgan fingerprint density at radius 2 is 1.94 bits per heavy atom. The van der Waals surface area contributed by atoms with Crippen molar-refractivity contribution in [3.8, 4) is 0 Å². The first-order chi connectivity index (χ1) is 14.7. The lowest BCUT2D eigenvalue weighted by atomic mass is 9.97. The fourth-order valence-corrected chi connectivity index (χ4v) is 3.06. The van der Waals surface area contributed by atoms with Crippen LogP contribution in [0.25, 0.3) is 0 Å². The second kappa shape index (κ2) is 11.8. The predicted molar refractivity (Wildman–Crippen MR) is 128 cm³/mol. The van der Waals surface area contributed by atoms with E-state index in [1.807, 2.05) is 19.9 Å². The van der Waals surface area contributed by atoms with Gasteiger partial charge in [-0.1, -0.05) is 32.7 Å². The number of hydrazine groups is 1. The summed E-state index contributed by atoms with van der Waals surface area (Å²) in [5.41, 5.74) is 2.96. The van der Waals surface area contributed by atoms with Gasteiger partial charge in [0.25, 0.3) is 5.91 Å². The summed E-state index contributed by atoms with van der Waals surface area (Å²) in [5, 5.41) is 12.3. The van der Waals surface area contributed by atoms with Crippen molar-refractivity contribution in [2.24, 2.45) is 11.8 Å². The van der Waals surface area contributed by atoms with E-state index in [4.69, 9.17) is 11.3 Å². The molecule has 0 aliphatic carbocycles. The van der Waals surface area contributed by atoms with E-state index in [0.717, 1.165) is 36.9 Å². The molecule has 0 fully saturated rings. The molecule has 9 heteroatoms. The summed E-state index contributed by atoms with van der Waals surface area (Å²) in [4.78, 5) is 21.5. The SMILES string of the molecule is CC(C)CCc1cc(C(=O)Nc2cccc(C(=N)N(N)C(C)C)n2)ncc1CCNS. The quantitative estimate of drug-likeness (QED) is 0.126. The Labute approximate surface area is 190 Å². The van der Waals surface area contributed by atoms with Crippen LogP contribution in [0, 0.1) is 11.3 Å². The summed E-state index contributed by atoms with van der Waals surface area (Å²) < 4.78 is 2.86. The van der Waals surface area contributed by atoms with Crippen LogP contribution in [-0.4, -0.2) is 39.3 Å². The van der Waals surface area contributed by atoms with Gasteiger partial charge in [-0.3, -0.25) is 24.9 Å². The largest absolute Gasteiger partial charge is 0.305 e. The highest BCUT2D eigenvalue weighted by Crippen LogP contribution is 2.17. The van der Waals surface area contributed by atoms with Crippen LogP contribution in [0.1, 0.15) is 61.4 Å². The fourth-order valence-electron chi connectivity index (χ4n) is 2.95. The third kappa shape index (κ3) is 7.30. The van der Waals surface area contributed by atoms with Crippen LogP contribution in [0.4, 0.5) is 5.82 Å². The number of nitrogens with zero attached hydrogens (tertiary/aromatic N) is 3. The minimum atomic E-state index is -0.339. The molecule has 0 saturated carbocycles. The first kappa shape index (κ1) is 24.8. The molecule has 168 valence electrons. The molecule has 8 nitrogen and oxygen atoms in total. The van der Waals surface area contributed by atoms with Crippen molar-refractivity contribution in [3.05, 3.63) is 53.0 Å². The van der Waals surface area contributed by atoms with Crippen molar-refractivity contribution in [3.63, 3.8) is 0 Å². The number of rotatable bonds is 10. The molecule has 31 heavy (non-hydrogen) atoms. The molecule has 0 bridgehead atoms. The average Bonchev–Trinajstić information content (AvgIpc) is 2.75. The average molecular weight is 444 g/mol. The number of anilines is 1. The highest BCUT2D eigenvalue weighted by molar-refractivity contribution is 7.78. The lowest BCUT2D eigenvalue weighted by molar-refractivity contribution is 0.102. The van der Waals surface area contributed by atoms with Gasteiger partial charge in [0.15, 0.2) is 5.84 Å². The van der Waals surface area contributed by atoms with Crippen molar-refractivity contribution in [1.82, 2.24) is 19.7 Å². The predicted octanol–water partition coefficient (Wildman–Crippen LogP) is 3.20. The molecule has 0 aliphatic heterocycles. The molecule has 0 saturated heterocycles. The number of nitrogens with two attached hydrogens (primary N) is 1. The Balaban J connectivity index is 2.20. The van der Waals surface area contributed by atoms with Crippen molar-refractivity contribution in [2.45, 2.75) is 53.0 Å². The Bertz CT molecular complexity index is 901. The first-order valence-electron chi connectivity index (χ1n) is 10.5. The molecule has 0 radical (unpaired) electrons. The van der Waals surface area contributed by atoms with Crippen molar-refractivity contribution in [2.75, 3.05) is 11.9 Å². The maximum absolute atomic E-state index is 12.8. The smallest absolute Gasteiger partial charge is 0.275 e. The van der Waals surface area contributed by atoms with E-state index in [9.17, 15) is 4.79 Å². The van der Waals surface area contributed by atoms with E-state index in [1.54, 1.807) is 24.4 Å². The Morgan fingerprint density at radius 3 is 2.58 bits per heavy atom. The van der Waals surface area contributed by atoms with Gasteiger partial charge < -0.3 is 5.32 Å². The molecule has 5 N–H and O–H groups in total. The van der Waals surface area contributed by atoms with Crippen LogP contribution in [0.2, 0.25) is 0 Å². The third-order valence-electron chi connectivity index (χ3n) is 4.86. The number of hydrogen-bond acceptors (Lipinski definition) is 7. The molecule has 0 atom stereocenters. The van der Waals surface area contributed by atoms with Gasteiger partial charge in [0.1, 0.15) is 17.2 Å². The molecular formula is C22H33N7OS. The summed E-state index contributed by atoms with van der Waals surface area (Å²) >= 11 is 4.06. The Kier molecular flexibility index (Phi) is 9.42. The summed E-state index contributed by atoms with van der Waals surface area (Å²) in [6.07, 6.45) is 4.48. The Hall–Kier alpha value is -2.49. The Morgan fingerprint density at radius 1 is 1.19 bits per heavy atom. The zero-order valence-corrected chi connectivity index (χ0v) is 19.5. The summed E-state index contributed by atoms with van der Waals surface area (Å²) in [6.45, 7) is 8.86. The number of amidine groups is 1. The van der Waals surface area contributed by atoms with E-state index < -0.39 is 0 Å². The molecule has 2 aromatic rings. The molecule has 1 amide bonds. The highest BCUT2D eigenvalue weighted by atomic mass is 32.1. The number of thiol groups is 1. The number of hydrogen-bond donors (Lipinski definition) is 5. The second-order valence-corrected chi connectivity index (χ2v) is 8.46. The molecular weight excluding hydrogens is 410 g/mol. The minimum Gasteiger partial charge on any atom is -0.305 e. The summed E-state index contributed by atoms with van der Waals surface area (Å²) in [7, 11) is 0. The molecule has 0 aliphatic rings. The normalized spacial score (nSPS) is 11.1. The zero-order chi connectivity index (χ0) is 23.0. The number of carbonyl (C=O) groups is 1. The van der Waals surface area contributed by atoms with Crippen molar-refractivity contribution >= 4 is 30.4 Å².